The van der Waals surface area contributed by atoms with E-state index in [2.05, 4.69) is 77.0 Å². The van der Waals surface area contributed by atoms with Gasteiger partial charge in [0.25, 0.3) is 0 Å². The van der Waals surface area contributed by atoms with Crippen molar-refractivity contribution in [3.63, 3.8) is 0 Å². The number of hydrogen-bond acceptors (Lipinski definition) is 2. The molecule has 3 aromatic rings. The number of aromatic nitrogens is 1. The second kappa shape index (κ2) is 13.4. The van der Waals surface area contributed by atoms with E-state index in [-0.39, 0.29) is 23.1 Å². The van der Waals surface area contributed by atoms with Crippen molar-refractivity contribution in [1.82, 2.24) is 10.3 Å². The van der Waals surface area contributed by atoms with Crippen LogP contribution < -0.4 is 15.9 Å². The molecule has 1 N–H and O–H groups in total. The first kappa shape index (κ1) is 21.5. The average molecular weight is 492 g/mol. The summed E-state index contributed by atoms with van der Waals surface area (Å²) in [5.41, 5.74) is 1.09. The first-order valence-electron chi connectivity index (χ1n) is 8.18. The Morgan fingerprint density at radius 2 is 1.35 bits per heavy atom. The minimum Gasteiger partial charge on any atom is -0.311 e. The van der Waals surface area contributed by atoms with Gasteiger partial charge in [-0.25, -0.2) is 0 Å². The molecule has 0 saturated heterocycles. The summed E-state index contributed by atoms with van der Waals surface area (Å²) in [4.78, 5) is 4.35. The summed E-state index contributed by atoms with van der Waals surface area (Å²) in [7, 11) is 9.39. The van der Waals surface area contributed by atoms with E-state index in [9.17, 15) is 0 Å². The summed E-state index contributed by atoms with van der Waals surface area (Å²) in [5, 5.41) is 6.40. The van der Waals surface area contributed by atoms with Crippen molar-refractivity contribution in [3.05, 3.63) is 90.8 Å². The van der Waals surface area contributed by atoms with Crippen LogP contribution in [-0.2, 0) is 21.7 Å². The van der Waals surface area contributed by atoms with Crippen LogP contribution in [0.5, 0.6) is 0 Å². The minimum absolute atomic E-state index is 0.314. The number of benzene rings is 2. The van der Waals surface area contributed by atoms with Gasteiger partial charge in [0.1, 0.15) is 0 Å². The van der Waals surface area contributed by atoms with Gasteiger partial charge < -0.3 is 5.32 Å². The van der Waals surface area contributed by atoms with Gasteiger partial charge in [-0.3, -0.25) is 4.98 Å². The van der Waals surface area contributed by atoms with E-state index in [1.54, 1.807) is 0 Å². The zero-order chi connectivity index (χ0) is 18.5. The van der Waals surface area contributed by atoms with Gasteiger partial charge in [0.05, 0.1) is 5.69 Å². The van der Waals surface area contributed by atoms with Crippen molar-refractivity contribution in [1.29, 1.82) is 0 Å². The molecule has 1 heterocycles. The molecule has 0 atom stereocenters. The van der Waals surface area contributed by atoms with Crippen LogP contribution in [0.4, 0.5) is 0 Å². The number of rotatable bonds is 7. The molecule has 0 spiro atoms. The van der Waals surface area contributed by atoms with Gasteiger partial charge in [-0.05, 0) is 36.8 Å². The van der Waals surface area contributed by atoms with Crippen LogP contribution >= 0.6 is 27.3 Å². The van der Waals surface area contributed by atoms with Crippen LogP contribution in [0.1, 0.15) is 5.69 Å². The van der Waals surface area contributed by atoms with Crippen LogP contribution in [0.2, 0.25) is 0 Å². The second-order valence-corrected chi connectivity index (χ2v) is 10.3. The SMILES string of the molecule is [Cl][Ru][Cl].c1ccc(P(CCNCc2ccccn2)c2ccccc2)cc1. The average Bonchev–Trinajstić information content (AvgIpc) is 2.71. The zero-order valence-electron chi connectivity index (χ0n) is 14.2. The molecule has 0 aliphatic rings. The standard InChI is InChI=1S/C20H21N2P.2ClH.Ru/c1-3-10-19(11-4-1)23(20-12-5-2-6-13-20)16-15-21-17-18-9-7-8-14-22-18;;;/h1-14,21H,15-17H2;2*1H;/q;;;+2/p-2. The van der Waals surface area contributed by atoms with Crippen molar-refractivity contribution in [3.8, 4) is 0 Å². The van der Waals surface area contributed by atoms with E-state index in [1.165, 1.54) is 10.6 Å². The van der Waals surface area contributed by atoms with Gasteiger partial charge in [0.15, 0.2) is 0 Å². The minimum atomic E-state index is -0.346. The molecule has 0 saturated carbocycles. The summed E-state index contributed by atoms with van der Waals surface area (Å²) >= 11 is -0.346. The fourth-order valence-electron chi connectivity index (χ4n) is 2.53. The molecule has 2 aromatic carbocycles. The molecule has 26 heavy (non-hydrogen) atoms. The zero-order valence-corrected chi connectivity index (χ0v) is 18.4. The summed E-state index contributed by atoms with van der Waals surface area (Å²) in [6, 6.07) is 27.7. The largest absolute Gasteiger partial charge is 0.311 e. The van der Waals surface area contributed by atoms with Crippen LogP contribution in [0.3, 0.4) is 0 Å². The first-order chi connectivity index (χ1) is 12.8. The molecule has 3 rings (SSSR count). The third-order valence-corrected chi connectivity index (χ3v) is 6.19. The Morgan fingerprint density at radius 3 is 1.85 bits per heavy atom. The van der Waals surface area contributed by atoms with Crippen LogP contribution in [0.15, 0.2) is 85.1 Å². The summed E-state index contributed by atoms with van der Waals surface area (Å²) < 4.78 is 0. The second-order valence-electron chi connectivity index (χ2n) is 5.37. The normalized spacial score (nSPS) is 10.4. The van der Waals surface area contributed by atoms with Gasteiger partial charge in [-0.2, -0.15) is 0 Å². The monoisotopic (exact) mass is 492 g/mol. The van der Waals surface area contributed by atoms with Crippen LogP contribution in [0.25, 0.3) is 0 Å². The van der Waals surface area contributed by atoms with Gasteiger partial charge in [-0.1, -0.05) is 66.7 Å². The fourth-order valence-corrected chi connectivity index (χ4v) is 4.79. The third kappa shape index (κ3) is 7.82. The third-order valence-electron chi connectivity index (χ3n) is 3.68. The van der Waals surface area contributed by atoms with E-state index in [4.69, 9.17) is 19.4 Å². The Morgan fingerprint density at radius 1 is 0.808 bits per heavy atom. The molecule has 1 aromatic heterocycles. The Labute approximate surface area is 172 Å². The van der Waals surface area contributed by atoms with Crippen molar-refractivity contribution in [2.75, 3.05) is 12.7 Å². The molecule has 2 nitrogen and oxygen atoms in total. The molecule has 0 amide bonds. The summed E-state index contributed by atoms with van der Waals surface area (Å²) in [5.74, 6) is 0. The van der Waals surface area contributed by atoms with E-state index in [0.29, 0.717) is 0 Å². The molecule has 0 radical (unpaired) electrons. The first-order valence-corrected chi connectivity index (χ1v) is 14.2. The molecular formula is C20H21Cl2N2PRu. The van der Waals surface area contributed by atoms with Gasteiger partial charge in [0.2, 0.25) is 0 Å². The predicted octanol–water partition coefficient (Wildman–Crippen LogP) is 4.68. The van der Waals surface area contributed by atoms with Gasteiger partial charge >= 0.3 is 34.5 Å². The van der Waals surface area contributed by atoms with Crippen molar-refractivity contribution < 1.29 is 15.1 Å². The van der Waals surface area contributed by atoms with Gasteiger partial charge in [0, 0.05) is 19.3 Å². The van der Waals surface area contributed by atoms with Crippen LogP contribution in [0, 0.1) is 0 Å². The fraction of sp³-hybridized carbons (Fsp3) is 0.150. The Bertz CT molecular complexity index is 678. The van der Waals surface area contributed by atoms with E-state index >= 15 is 0 Å². The maximum atomic E-state index is 4.85. The molecular weight excluding hydrogens is 471 g/mol. The number of pyridine rings is 1. The van der Waals surface area contributed by atoms with Gasteiger partial charge in [-0.15, -0.1) is 0 Å². The van der Waals surface area contributed by atoms with E-state index in [0.717, 1.165) is 24.9 Å². The number of hydrogen-bond donors (Lipinski definition) is 1. The topological polar surface area (TPSA) is 24.9 Å². The maximum Gasteiger partial charge on any atom is 0.0541 e. The molecule has 0 unspecified atom stereocenters. The molecule has 0 bridgehead atoms. The quantitative estimate of drug-likeness (QED) is 0.295. The van der Waals surface area contributed by atoms with Crippen molar-refractivity contribution in [2.45, 2.75) is 6.54 Å². The molecule has 0 aliphatic heterocycles. The van der Waals surface area contributed by atoms with Crippen molar-refractivity contribution in [2.24, 2.45) is 0 Å². The maximum absolute atomic E-state index is 4.85. The Hall–Kier alpha value is -0.817. The molecule has 138 valence electrons. The van der Waals surface area contributed by atoms with E-state index < -0.39 is 0 Å². The van der Waals surface area contributed by atoms with Crippen molar-refractivity contribution >= 4 is 37.9 Å². The number of nitrogens with one attached hydrogen (secondary N) is 1. The predicted molar refractivity (Wildman–Crippen MR) is 112 cm³/mol. The summed E-state index contributed by atoms with van der Waals surface area (Å²) in [6.07, 6.45) is 2.98. The van der Waals surface area contributed by atoms with E-state index in [1.807, 2.05) is 18.3 Å². The Balaban J connectivity index is 0.000000758. The smallest absolute Gasteiger partial charge is 0.0541 e. The summed E-state index contributed by atoms with van der Waals surface area (Å²) in [6.45, 7) is 1.82. The van der Waals surface area contributed by atoms with Crippen LogP contribution in [-0.4, -0.2) is 17.7 Å². The molecule has 0 aliphatic carbocycles. The Kier molecular flexibility index (Phi) is 11.0. The molecule has 6 heteroatoms. The number of nitrogens with zero attached hydrogens (tertiary/aromatic N) is 1. The number of halogens is 2. The molecule has 0 fully saturated rings.